The lowest BCUT2D eigenvalue weighted by atomic mass is 9.97. The third-order valence-corrected chi connectivity index (χ3v) is 3.47. The van der Waals surface area contributed by atoms with Crippen LogP contribution in [0.1, 0.15) is 19.4 Å². The van der Waals surface area contributed by atoms with Gasteiger partial charge in [-0.05, 0) is 19.4 Å². The van der Waals surface area contributed by atoms with Gasteiger partial charge in [-0.1, -0.05) is 30.3 Å². The molecule has 0 aromatic heterocycles. The molecule has 4 N–H and O–H groups in total. The first-order chi connectivity index (χ1) is 9.61. The number of nitrogens with one attached hydrogen (secondary N) is 4. The van der Waals surface area contributed by atoms with E-state index in [0.29, 0.717) is 0 Å². The van der Waals surface area contributed by atoms with Gasteiger partial charge >= 0.3 is 0 Å². The standard InChI is InChI=1S/C16H24N4/c1-16(2)12-19-11-15(20-16)14(8-17)10-18-9-13-6-4-3-5-7-13/h3-8,10,15,17-20H,9,11-12H2,1-2H3/b14-10+,17-8?. The summed E-state index contributed by atoms with van der Waals surface area (Å²) in [6, 6.07) is 10.4. The van der Waals surface area contributed by atoms with Gasteiger partial charge in [0.1, 0.15) is 0 Å². The fourth-order valence-corrected chi connectivity index (χ4v) is 2.43. The topological polar surface area (TPSA) is 59.9 Å². The molecule has 0 amide bonds. The van der Waals surface area contributed by atoms with Gasteiger partial charge in [0.15, 0.2) is 0 Å². The molecule has 1 atom stereocenters. The van der Waals surface area contributed by atoms with Crippen LogP contribution in [-0.2, 0) is 6.54 Å². The van der Waals surface area contributed by atoms with Gasteiger partial charge in [-0.15, -0.1) is 0 Å². The van der Waals surface area contributed by atoms with Crippen molar-refractivity contribution in [2.75, 3.05) is 13.1 Å². The summed E-state index contributed by atoms with van der Waals surface area (Å²) in [5, 5.41) is 17.9. The summed E-state index contributed by atoms with van der Waals surface area (Å²) in [5.74, 6) is 0. The van der Waals surface area contributed by atoms with Crippen LogP contribution in [0.25, 0.3) is 0 Å². The Morgan fingerprint density at radius 3 is 2.80 bits per heavy atom. The quantitative estimate of drug-likeness (QED) is 0.617. The highest BCUT2D eigenvalue weighted by molar-refractivity contribution is 5.77. The number of benzene rings is 1. The zero-order valence-corrected chi connectivity index (χ0v) is 12.2. The van der Waals surface area contributed by atoms with Crippen molar-refractivity contribution in [3.8, 4) is 0 Å². The minimum atomic E-state index is 0.0600. The highest BCUT2D eigenvalue weighted by Crippen LogP contribution is 2.11. The second kappa shape index (κ2) is 6.68. The fraction of sp³-hybridized carbons (Fsp3) is 0.438. The molecule has 1 aromatic carbocycles. The fourth-order valence-electron chi connectivity index (χ4n) is 2.43. The van der Waals surface area contributed by atoms with Crippen molar-refractivity contribution in [1.82, 2.24) is 16.0 Å². The first kappa shape index (κ1) is 14.8. The van der Waals surface area contributed by atoms with Crippen LogP contribution >= 0.6 is 0 Å². The molecule has 1 aliphatic heterocycles. The van der Waals surface area contributed by atoms with Crippen LogP contribution in [0.15, 0.2) is 42.1 Å². The van der Waals surface area contributed by atoms with Crippen molar-refractivity contribution in [3.63, 3.8) is 0 Å². The van der Waals surface area contributed by atoms with Crippen LogP contribution < -0.4 is 16.0 Å². The van der Waals surface area contributed by atoms with Gasteiger partial charge in [0.2, 0.25) is 0 Å². The summed E-state index contributed by atoms with van der Waals surface area (Å²) in [6.45, 7) is 6.93. The molecule has 0 saturated carbocycles. The Morgan fingerprint density at radius 1 is 1.40 bits per heavy atom. The Labute approximate surface area is 121 Å². The predicted octanol–water partition coefficient (Wildman–Crippen LogP) is 1.65. The van der Waals surface area contributed by atoms with Crippen LogP contribution in [-0.4, -0.2) is 30.9 Å². The second-order valence-electron chi connectivity index (χ2n) is 5.87. The molecule has 4 nitrogen and oxygen atoms in total. The Morgan fingerprint density at radius 2 is 2.15 bits per heavy atom. The van der Waals surface area contributed by atoms with Gasteiger partial charge in [-0.2, -0.15) is 0 Å². The third-order valence-electron chi connectivity index (χ3n) is 3.47. The molecule has 108 valence electrons. The Hall–Kier alpha value is -1.65. The maximum atomic E-state index is 7.61. The maximum absolute atomic E-state index is 7.61. The van der Waals surface area contributed by atoms with E-state index in [1.165, 1.54) is 11.8 Å². The van der Waals surface area contributed by atoms with Crippen LogP contribution in [0.3, 0.4) is 0 Å². The smallest absolute Gasteiger partial charge is 0.0480 e. The van der Waals surface area contributed by atoms with Crippen LogP contribution in [0.5, 0.6) is 0 Å². The zero-order chi connectivity index (χ0) is 14.4. The van der Waals surface area contributed by atoms with Gasteiger partial charge in [0, 0.05) is 49.2 Å². The molecule has 0 spiro atoms. The summed E-state index contributed by atoms with van der Waals surface area (Å²) in [4.78, 5) is 0. The van der Waals surface area contributed by atoms with Crippen LogP contribution in [0.2, 0.25) is 0 Å². The first-order valence-electron chi connectivity index (χ1n) is 7.07. The van der Waals surface area contributed by atoms with E-state index in [9.17, 15) is 0 Å². The lowest BCUT2D eigenvalue weighted by Gasteiger charge is -2.38. The molecule has 1 heterocycles. The molecule has 1 aliphatic rings. The van der Waals surface area contributed by atoms with Crippen molar-refractivity contribution in [2.45, 2.75) is 32.0 Å². The largest absolute Gasteiger partial charge is 0.386 e. The van der Waals surface area contributed by atoms with Gasteiger partial charge in [-0.3, -0.25) is 0 Å². The first-order valence-corrected chi connectivity index (χ1v) is 7.07. The van der Waals surface area contributed by atoms with Crippen LogP contribution in [0.4, 0.5) is 0 Å². The molecule has 0 aliphatic carbocycles. The van der Waals surface area contributed by atoms with Crippen LogP contribution in [0, 0.1) is 5.41 Å². The summed E-state index contributed by atoms with van der Waals surface area (Å²) in [5.41, 5.74) is 2.27. The third kappa shape index (κ3) is 4.18. The van der Waals surface area contributed by atoms with Gasteiger partial charge in [0.05, 0.1) is 0 Å². The molecular weight excluding hydrogens is 248 g/mol. The average Bonchev–Trinajstić information content (AvgIpc) is 2.43. The Balaban J connectivity index is 1.94. The van der Waals surface area contributed by atoms with Crippen molar-refractivity contribution in [2.24, 2.45) is 0 Å². The highest BCUT2D eigenvalue weighted by Gasteiger charge is 2.27. The average molecular weight is 272 g/mol. The summed E-state index contributed by atoms with van der Waals surface area (Å²) in [6.07, 6.45) is 3.37. The molecule has 20 heavy (non-hydrogen) atoms. The molecule has 4 heteroatoms. The van der Waals surface area contributed by atoms with Gasteiger partial charge < -0.3 is 21.4 Å². The van der Waals surface area contributed by atoms with Gasteiger partial charge in [0.25, 0.3) is 0 Å². The Kier molecular flexibility index (Phi) is 4.93. The molecule has 1 aromatic rings. The SMILES string of the molecule is CC1(C)CNCC(/C(C=N)=C/NCc2ccccc2)N1. The lowest BCUT2D eigenvalue weighted by molar-refractivity contribution is 0.285. The Bertz CT molecular complexity index is 465. The van der Waals surface area contributed by atoms with Crippen molar-refractivity contribution in [1.29, 1.82) is 5.41 Å². The van der Waals surface area contributed by atoms with Gasteiger partial charge in [-0.25, -0.2) is 0 Å². The minimum absolute atomic E-state index is 0.0600. The number of hydrogen-bond acceptors (Lipinski definition) is 4. The van der Waals surface area contributed by atoms with E-state index < -0.39 is 0 Å². The second-order valence-corrected chi connectivity index (χ2v) is 5.87. The molecule has 1 saturated heterocycles. The molecular formula is C16H24N4. The molecule has 1 fully saturated rings. The lowest BCUT2D eigenvalue weighted by Crippen LogP contribution is -2.61. The summed E-state index contributed by atoms with van der Waals surface area (Å²) >= 11 is 0. The summed E-state index contributed by atoms with van der Waals surface area (Å²) < 4.78 is 0. The van der Waals surface area contributed by atoms with Crippen molar-refractivity contribution >= 4 is 6.21 Å². The molecule has 0 radical (unpaired) electrons. The number of hydrogen-bond donors (Lipinski definition) is 4. The van der Waals surface area contributed by atoms with Crippen molar-refractivity contribution in [3.05, 3.63) is 47.7 Å². The minimum Gasteiger partial charge on any atom is -0.386 e. The highest BCUT2D eigenvalue weighted by atomic mass is 15.1. The van der Waals surface area contributed by atoms with E-state index in [1.807, 2.05) is 24.4 Å². The zero-order valence-electron chi connectivity index (χ0n) is 12.2. The van der Waals surface area contributed by atoms with E-state index in [0.717, 1.165) is 25.2 Å². The number of rotatable bonds is 5. The molecule has 0 bridgehead atoms. The van der Waals surface area contributed by atoms with E-state index in [2.05, 4.69) is 41.9 Å². The maximum Gasteiger partial charge on any atom is 0.0480 e. The van der Waals surface area contributed by atoms with E-state index in [4.69, 9.17) is 5.41 Å². The molecule has 1 unspecified atom stereocenters. The van der Waals surface area contributed by atoms with E-state index >= 15 is 0 Å². The molecule has 2 rings (SSSR count). The number of piperazine rings is 1. The predicted molar refractivity (Wildman–Crippen MR) is 84.0 cm³/mol. The summed E-state index contributed by atoms with van der Waals surface area (Å²) in [7, 11) is 0. The van der Waals surface area contributed by atoms with Crippen molar-refractivity contribution < 1.29 is 0 Å². The normalized spacial score (nSPS) is 22.3. The monoisotopic (exact) mass is 272 g/mol. The van der Waals surface area contributed by atoms with E-state index in [-0.39, 0.29) is 11.6 Å². The van der Waals surface area contributed by atoms with E-state index in [1.54, 1.807) is 0 Å².